The minimum absolute atomic E-state index is 0. The standard InChI is InChI=1S/2C24H13O7.2CO2.3Li.3Na/c2*25-20-10-2-1-3-11-16(10)19-17-12(20)4-8(23(28)29)6-14(17)22(27)15-7-9(24(30)31)5-13(18(15)19)21(11)26;2*2-1-3;;;;;;/h2*2-7,16-17,25-27H,(H,28,29)(H,30,31);;;;;;;;/q2*-1;;;6*+1/p-4. The molecule has 0 spiro atoms. The number of aliphatic carboxylic acids is 2. The summed E-state index contributed by atoms with van der Waals surface area (Å²) in [6.45, 7) is 0. The van der Waals surface area contributed by atoms with Crippen molar-refractivity contribution >= 4 is 70.4 Å². The number of allylic oxidation sites excluding steroid dienone is 14. The van der Waals surface area contributed by atoms with Crippen LogP contribution in [0, 0.1) is 35.8 Å². The Bertz CT molecular complexity index is 3480. The van der Waals surface area contributed by atoms with E-state index < -0.39 is 47.5 Å². The second-order valence-electron chi connectivity index (χ2n) is 16.0. The summed E-state index contributed by atoms with van der Waals surface area (Å²) in [5.74, 6) is -9.68. The predicted molar refractivity (Wildman–Crippen MR) is 215 cm³/mol. The molecule has 0 heterocycles. The van der Waals surface area contributed by atoms with Crippen molar-refractivity contribution in [1.82, 2.24) is 0 Å². The third-order valence-electron chi connectivity index (χ3n) is 12.9. The molecule has 18 nitrogen and oxygen atoms in total. The normalized spacial score (nSPS) is 20.7. The fraction of sp³-hybridized carbons (Fsp3) is 0.0800. The minimum atomic E-state index is -1.49. The Morgan fingerprint density at radius 3 is 1.04 bits per heavy atom. The van der Waals surface area contributed by atoms with Crippen molar-refractivity contribution in [3.05, 3.63) is 195 Å². The van der Waals surface area contributed by atoms with Crippen LogP contribution in [0.1, 0.15) is 31.8 Å². The van der Waals surface area contributed by atoms with Crippen molar-refractivity contribution in [3.63, 3.8) is 0 Å². The molecule has 0 aromatic heterocycles. The number of hydrogen-bond donors (Lipinski definition) is 6. The van der Waals surface area contributed by atoms with E-state index in [-0.39, 0.29) is 258 Å². The van der Waals surface area contributed by atoms with Gasteiger partial charge in [-0.1, -0.05) is 23.0 Å². The molecule has 336 valence electrons. The van der Waals surface area contributed by atoms with Gasteiger partial charge in [-0.3, -0.25) is 0 Å². The smallest absolute Gasteiger partial charge is 0.545 e. The Labute approximate surface area is 518 Å². The average Bonchev–Trinajstić information content (AvgIpc) is 3.32. The molecule has 24 heteroatoms. The van der Waals surface area contributed by atoms with Gasteiger partial charge in [0.05, 0.1) is 46.9 Å². The molecule has 0 fully saturated rings. The SMILES string of the molecule is O=C([O-])C1=CC2=C(O)C3=C[C-]=CC4=C(O)c5cc(C(=O)[O-])cc6c5=C(C2C(=C1)C=6O)C34.O=C([O-])C1=CC2=C(O)C3=C[C-]=CC4=C(O)c5cc(C(=O)[O-])cc6c5=C(C2C(=C1)C=6O)C34.O=C=O.O=C=O.[Li+].[Li+].[Li+].[Na+].[Na+].[Na+]. The summed E-state index contributed by atoms with van der Waals surface area (Å²) < 4.78 is 0. The molecule has 0 amide bonds. The zero-order valence-corrected chi connectivity index (χ0v) is 45.8. The van der Waals surface area contributed by atoms with E-state index >= 15 is 0 Å². The molecule has 74 heavy (non-hydrogen) atoms. The second-order valence-corrected chi connectivity index (χ2v) is 16.0. The van der Waals surface area contributed by atoms with Crippen LogP contribution in [-0.4, -0.2) is 66.8 Å². The topological polar surface area (TPSA) is 350 Å². The molecule has 6 N–H and O–H groups in total. The molecule has 10 aliphatic rings. The number of carbonyl (C=O) groups excluding carboxylic acids is 8. The number of aliphatic hydroxyl groups excluding tert-OH is 6. The summed E-state index contributed by atoms with van der Waals surface area (Å²) in [5.41, 5.74) is 3.65. The van der Waals surface area contributed by atoms with Crippen LogP contribution in [-0.2, 0) is 28.8 Å². The average molecular weight is 1000 g/mol. The molecular formula is C50H22Li3Na3O18. The van der Waals surface area contributed by atoms with E-state index in [9.17, 15) is 70.2 Å². The molecule has 2 aromatic rings. The van der Waals surface area contributed by atoms with Crippen LogP contribution in [0.25, 0.3) is 34.2 Å². The number of aromatic carboxylic acids is 2. The van der Waals surface area contributed by atoms with Crippen molar-refractivity contribution in [2.75, 3.05) is 0 Å². The zero-order valence-electron chi connectivity index (χ0n) is 39.8. The van der Waals surface area contributed by atoms with Gasteiger partial charge in [-0.05, 0) is 92.4 Å². The maximum Gasteiger partial charge on any atom is 1.00 e. The van der Waals surface area contributed by atoms with Gasteiger partial charge in [-0.25, -0.2) is 0 Å². The third-order valence-corrected chi connectivity index (χ3v) is 12.9. The van der Waals surface area contributed by atoms with Gasteiger partial charge in [-0.15, -0.1) is 22.3 Å². The molecule has 10 aliphatic carbocycles. The van der Waals surface area contributed by atoms with Gasteiger partial charge in [0, 0.05) is 44.5 Å². The first kappa shape index (κ1) is 63.3. The summed E-state index contributed by atoms with van der Waals surface area (Å²) in [7, 11) is 0. The zero-order chi connectivity index (χ0) is 48.9. The molecule has 0 bridgehead atoms. The molecule has 2 aromatic carbocycles. The van der Waals surface area contributed by atoms with Gasteiger partial charge < -0.3 is 70.2 Å². The Kier molecular flexibility index (Phi) is 20.5. The fourth-order valence-electron chi connectivity index (χ4n) is 10.5. The fourth-order valence-corrected chi connectivity index (χ4v) is 10.5. The number of carboxylic acid groups (broad SMARTS) is 4. The summed E-state index contributed by atoms with van der Waals surface area (Å²) >= 11 is 0. The van der Waals surface area contributed by atoms with E-state index in [0.717, 1.165) is 11.1 Å². The van der Waals surface area contributed by atoms with Gasteiger partial charge in [0.15, 0.2) is 0 Å². The van der Waals surface area contributed by atoms with Crippen LogP contribution in [0.4, 0.5) is 0 Å². The van der Waals surface area contributed by atoms with Crippen LogP contribution >= 0.6 is 0 Å². The Balaban J connectivity index is 0.000000329. The van der Waals surface area contributed by atoms with Crippen LogP contribution in [0.3, 0.4) is 0 Å². The molecule has 4 unspecified atom stereocenters. The molecule has 0 saturated heterocycles. The summed E-state index contributed by atoms with van der Waals surface area (Å²) in [6.07, 6.45) is 17.7. The maximum absolute atomic E-state index is 11.6. The van der Waals surface area contributed by atoms with E-state index in [4.69, 9.17) is 19.2 Å². The minimum Gasteiger partial charge on any atom is -0.545 e. The molecule has 0 aliphatic heterocycles. The Morgan fingerprint density at radius 1 is 0.432 bits per heavy atom. The predicted octanol–water partition coefficient (Wildman–Crippen LogP) is -20.9. The Hall–Kier alpha value is -4.97. The van der Waals surface area contributed by atoms with Crippen molar-refractivity contribution < 1.29 is 235 Å². The first-order valence-electron chi connectivity index (χ1n) is 19.7. The van der Waals surface area contributed by atoms with Crippen molar-refractivity contribution in [2.45, 2.75) is 0 Å². The summed E-state index contributed by atoms with van der Waals surface area (Å²) in [4.78, 5) is 78.9. The first-order chi connectivity index (χ1) is 32.4. The van der Waals surface area contributed by atoms with E-state index in [1.165, 1.54) is 48.6 Å². The number of hydrogen-bond acceptors (Lipinski definition) is 18. The van der Waals surface area contributed by atoms with Gasteiger partial charge in [0.1, 0.15) is 11.5 Å². The van der Waals surface area contributed by atoms with Crippen molar-refractivity contribution in [3.8, 4) is 0 Å². The van der Waals surface area contributed by atoms with Crippen LogP contribution < -0.4 is 187 Å². The monoisotopic (exact) mass is 1000 g/mol. The number of carbonyl (C=O) groups is 4. The van der Waals surface area contributed by atoms with Crippen LogP contribution in [0.2, 0.25) is 0 Å². The Morgan fingerprint density at radius 2 is 0.743 bits per heavy atom. The summed E-state index contributed by atoms with van der Waals surface area (Å²) in [6, 6.07) is 5.07. The molecule has 0 radical (unpaired) electrons. The third kappa shape index (κ3) is 9.54. The van der Waals surface area contributed by atoms with E-state index in [1.807, 2.05) is 0 Å². The molecule has 12 rings (SSSR count). The van der Waals surface area contributed by atoms with Gasteiger partial charge >= 0.3 is 158 Å². The number of benzene rings is 2. The number of aliphatic hydroxyl groups is 6. The van der Waals surface area contributed by atoms with E-state index in [0.29, 0.717) is 32.7 Å². The molecule has 0 saturated carbocycles. The second kappa shape index (κ2) is 23.9. The van der Waals surface area contributed by atoms with Gasteiger partial charge in [0.25, 0.3) is 0 Å². The molecule has 4 atom stereocenters. The number of rotatable bonds is 4. The van der Waals surface area contributed by atoms with Gasteiger partial charge in [0.2, 0.25) is 0 Å². The maximum atomic E-state index is 11.6. The van der Waals surface area contributed by atoms with Gasteiger partial charge in [-0.2, -0.15) is 55.6 Å². The number of carboxylic acids is 4. The largest absolute Gasteiger partial charge is 1.00 e. The first-order valence-corrected chi connectivity index (χ1v) is 19.7. The van der Waals surface area contributed by atoms with E-state index in [2.05, 4.69) is 12.2 Å². The molecular weight excluding hydrogens is 978 g/mol. The van der Waals surface area contributed by atoms with E-state index in [1.54, 1.807) is 24.3 Å². The summed E-state index contributed by atoms with van der Waals surface area (Å²) in [5, 5.41) is 114. The van der Waals surface area contributed by atoms with Crippen LogP contribution in [0.15, 0.2) is 140 Å². The van der Waals surface area contributed by atoms with Crippen LogP contribution in [0.5, 0.6) is 0 Å². The quantitative estimate of drug-likeness (QED) is 0.122. The van der Waals surface area contributed by atoms with Crippen molar-refractivity contribution in [1.29, 1.82) is 0 Å². The van der Waals surface area contributed by atoms with Crippen molar-refractivity contribution in [2.24, 2.45) is 23.7 Å².